The van der Waals surface area contributed by atoms with Crippen molar-refractivity contribution in [1.29, 1.82) is 0 Å². The lowest BCUT2D eigenvalue weighted by Gasteiger charge is -2.32. The van der Waals surface area contributed by atoms with Gasteiger partial charge in [-0.3, -0.25) is 0 Å². The van der Waals surface area contributed by atoms with E-state index in [0.29, 0.717) is 12.4 Å². The molecular formula is C16H26BN3O2. The molecule has 6 heteroatoms. The number of rotatable bonds is 4. The molecule has 0 atom stereocenters. The maximum absolute atomic E-state index is 6.12. The van der Waals surface area contributed by atoms with Crippen molar-refractivity contribution in [1.82, 2.24) is 10.3 Å². The van der Waals surface area contributed by atoms with Crippen LogP contribution in [0.3, 0.4) is 0 Å². The van der Waals surface area contributed by atoms with E-state index in [4.69, 9.17) is 15.0 Å². The number of nitrogens with one attached hydrogen (secondary N) is 1. The standard InChI is InChI=1S/C16H26BN3O2/c1-11-7-13(20-14(18)8-11)9-12(10-19-6)17-21-15(2,3)16(4,5)22-17/h7-9,19H,10H2,1-6H3,(H2,18,20). The van der Waals surface area contributed by atoms with Gasteiger partial charge in [0.05, 0.1) is 16.9 Å². The molecule has 1 aromatic rings. The molecular weight excluding hydrogens is 277 g/mol. The normalized spacial score (nSPS) is 20.5. The lowest BCUT2D eigenvalue weighted by Crippen LogP contribution is -2.41. The molecule has 0 unspecified atom stereocenters. The van der Waals surface area contributed by atoms with Crippen molar-refractivity contribution >= 4 is 19.0 Å². The molecule has 3 N–H and O–H groups in total. The van der Waals surface area contributed by atoms with E-state index in [9.17, 15) is 0 Å². The highest BCUT2D eigenvalue weighted by Crippen LogP contribution is 2.38. The Bertz CT molecular complexity index is 549. The van der Waals surface area contributed by atoms with Gasteiger partial charge >= 0.3 is 7.12 Å². The monoisotopic (exact) mass is 303 g/mol. The molecule has 1 fully saturated rings. The Kier molecular flexibility index (Phi) is 4.66. The number of nitrogens with two attached hydrogens (primary N) is 1. The number of anilines is 1. The molecule has 1 aromatic heterocycles. The van der Waals surface area contributed by atoms with E-state index in [0.717, 1.165) is 16.7 Å². The van der Waals surface area contributed by atoms with Gasteiger partial charge in [-0.2, -0.15) is 0 Å². The van der Waals surface area contributed by atoms with Crippen LogP contribution in [0.4, 0.5) is 5.82 Å². The molecule has 1 aliphatic heterocycles. The van der Waals surface area contributed by atoms with Crippen LogP contribution in [0.25, 0.3) is 6.08 Å². The molecule has 1 aliphatic rings. The first-order valence-corrected chi connectivity index (χ1v) is 7.59. The van der Waals surface area contributed by atoms with Gasteiger partial charge in [0.15, 0.2) is 0 Å². The van der Waals surface area contributed by atoms with Crippen LogP contribution in [0.5, 0.6) is 0 Å². The maximum atomic E-state index is 6.12. The molecule has 0 aromatic carbocycles. The minimum absolute atomic E-state index is 0.358. The molecule has 22 heavy (non-hydrogen) atoms. The fourth-order valence-corrected chi connectivity index (χ4v) is 2.39. The number of nitrogen functional groups attached to an aromatic ring is 1. The van der Waals surface area contributed by atoms with Gasteiger partial charge in [-0.1, -0.05) is 0 Å². The van der Waals surface area contributed by atoms with Gasteiger partial charge in [0.1, 0.15) is 5.82 Å². The third-order valence-corrected chi connectivity index (χ3v) is 4.28. The molecule has 2 rings (SSSR count). The zero-order chi connectivity index (χ0) is 16.5. The Morgan fingerprint density at radius 3 is 2.36 bits per heavy atom. The topological polar surface area (TPSA) is 69.4 Å². The minimum atomic E-state index is -0.388. The summed E-state index contributed by atoms with van der Waals surface area (Å²) in [6.45, 7) is 10.9. The summed E-state index contributed by atoms with van der Waals surface area (Å²) in [7, 11) is 1.51. The van der Waals surface area contributed by atoms with E-state index in [2.05, 4.69) is 10.3 Å². The number of likely N-dealkylation sites (N-methyl/N-ethyl adjacent to an activating group) is 1. The Morgan fingerprint density at radius 2 is 1.86 bits per heavy atom. The zero-order valence-corrected chi connectivity index (χ0v) is 14.4. The highest BCUT2D eigenvalue weighted by Gasteiger charge is 2.52. The van der Waals surface area contributed by atoms with Crippen molar-refractivity contribution in [3.8, 4) is 0 Å². The number of hydrogen-bond acceptors (Lipinski definition) is 5. The van der Waals surface area contributed by atoms with Gasteiger partial charge in [0.2, 0.25) is 0 Å². The summed E-state index contributed by atoms with van der Waals surface area (Å²) in [5.41, 5.74) is 8.01. The van der Waals surface area contributed by atoms with E-state index in [1.54, 1.807) is 0 Å². The number of hydrogen-bond donors (Lipinski definition) is 2. The lowest BCUT2D eigenvalue weighted by atomic mass is 9.77. The van der Waals surface area contributed by atoms with Crippen LogP contribution >= 0.6 is 0 Å². The molecule has 0 saturated carbocycles. The van der Waals surface area contributed by atoms with Crippen LogP contribution in [-0.2, 0) is 9.31 Å². The van der Waals surface area contributed by atoms with Crippen LogP contribution in [0.15, 0.2) is 17.6 Å². The SMILES string of the molecule is CNCC(=Cc1cc(C)cc(N)n1)B1OC(C)(C)C(C)(C)O1. The molecule has 0 spiro atoms. The second-order valence-electron chi connectivity index (χ2n) is 6.83. The van der Waals surface area contributed by atoms with Crippen molar-refractivity contribution < 1.29 is 9.31 Å². The molecule has 0 amide bonds. The van der Waals surface area contributed by atoms with Crippen molar-refractivity contribution in [2.75, 3.05) is 19.3 Å². The van der Waals surface area contributed by atoms with Gasteiger partial charge in [-0.15, -0.1) is 0 Å². The van der Waals surface area contributed by atoms with Crippen LogP contribution in [0, 0.1) is 6.92 Å². The number of aromatic nitrogens is 1. The van der Waals surface area contributed by atoms with Gasteiger partial charge in [0, 0.05) is 6.54 Å². The Morgan fingerprint density at radius 1 is 1.27 bits per heavy atom. The van der Waals surface area contributed by atoms with Crippen LogP contribution in [0.1, 0.15) is 39.0 Å². The highest BCUT2D eigenvalue weighted by molar-refractivity contribution is 6.55. The first kappa shape index (κ1) is 17.0. The van der Waals surface area contributed by atoms with E-state index >= 15 is 0 Å². The molecule has 0 radical (unpaired) electrons. The van der Waals surface area contributed by atoms with Gasteiger partial charge in [-0.05, 0) is 70.9 Å². The van der Waals surface area contributed by atoms with Crippen LogP contribution in [-0.4, -0.2) is 36.9 Å². The predicted octanol–water partition coefficient (Wildman–Crippen LogP) is 2.21. The molecule has 0 aliphatic carbocycles. The van der Waals surface area contributed by atoms with Crippen molar-refractivity contribution in [3.63, 3.8) is 0 Å². The largest absolute Gasteiger partial charge is 0.491 e. The second kappa shape index (κ2) is 6.03. The second-order valence-corrected chi connectivity index (χ2v) is 6.83. The van der Waals surface area contributed by atoms with Gasteiger partial charge < -0.3 is 20.4 Å². The van der Waals surface area contributed by atoms with Crippen molar-refractivity contribution in [2.45, 2.75) is 45.8 Å². The summed E-state index contributed by atoms with van der Waals surface area (Å²) in [5, 5.41) is 3.16. The van der Waals surface area contributed by atoms with Gasteiger partial charge in [-0.25, -0.2) is 4.98 Å². The summed E-state index contributed by atoms with van der Waals surface area (Å²) in [6.07, 6.45) is 1.99. The fourth-order valence-electron chi connectivity index (χ4n) is 2.39. The fraction of sp³-hybridized carbons (Fsp3) is 0.562. The summed E-state index contributed by atoms with van der Waals surface area (Å²) in [4.78, 5) is 4.36. The Labute approximate surface area is 133 Å². The average molecular weight is 303 g/mol. The van der Waals surface area contributed by atoms with Crippen LogP contribution in [0.2, 0.25) is 0 Å². The minimum Gasteiger partial charge on any atom is -0.400 e. The van der Waals surface area contributed by atoms with Gasteiger partial charge in [0.25, 0.3) is 0 Å². The summed E-state index contributed by atoms with van der Waals surface area (Å²) in [5.74, 6) is 0.518. The number of aryl methyl sites for hydroxylation is 1. The third-order valence-electron chi connectivity index (χ3n) is 4.28. The smallest absolute Gasteiger partial charge is 0.400 e. The van der Waals surface area contributed by atoms with E-state index in [-0.39, 0.29) is 18.3 Å². The number of nitrogens with zero attached hydrogens (tertiary/aromatic N) is 1. The quantitative estimate of drug-likeness (QED) is 0.835. The number of pyridine rings is 1. The van der Waals surface area contributed by atoms with Crippen molar-refractivity contribution in [2.24, 2.45) is 0 Å². The molecule has 5 nitrogen and oxygen atoms in total. The maximum Gasteiger partial charge on any atom is 0.491 e. The van der Waals surface area contributed by atoms with E-state index < -0.39 is 0 Å². The molecule has 2 heterocycles. The molecule has 120 valence electrons. The first-order valence-electron chi connectivity index (χ1n) is 7.59. The third kappa shape index (κ3) is 3.51. The lowest BCUT2D eigenvalue weighted by molar-refractivity contribution is 0.00578. The van der Waals surface area contributed by atoms with E-state index in [1.807, 2.05) is 59.9 Å². The summed E-state index contributed by atoms with van der Waals surface area (Å²) < 4.78 is 12.2. The Balaban J connectivity index is 2.33. The van der Waals surface area contributed by atoms with E-state index in [1.165, 1.54) is 0 Å². The zero-order valence-electron chi connectivity index (χ0n) is 14.4. The first-order chi connectivity index (χ1) is 10.1. The molecule has 0 bridgehead atoms. The average Bonchev–Trinajstić information content (AvgIpc) is 2.56. The van der Waals surface area contributed by atoms with Crippen LogP contribution < -0.4 is 11.1 Å². The van der Waals surface area contributed by atoms with Crippen molar-refractivity contribution in [3.05, 3.63) is 28.9 Å². The summed E-state index contributed by atoms with van der Waals surface area (Å²) >= 11 is 0. The highest BCUT2D eigenvalue weighted by atomic mass is 16.7. The summed E-state index contributed by atoms with van der Waals surface area (Å²) in [6, 6.07) is 3.85. The molecule has 1 saturated heterocycles. The predicted molar refractivity (Wildman–Crippen MR) is 91.4 cm³/mol. The Hall–Kier alpha value is -1.37.